The highest BCUT2D eigenvalue weighted by Gasteiger charge is 2.07. The third-order valence-electron chi connectivity index (χ3n) is 2.22. The van der Waals surface area contributed by atoms with Gasteiger partial charge in [0.05, 0.1) is 5.69 Å². The van der Waals surface area contributed by atoms with Gasteiger partial charge < -0.3 is 10.5 Å². The Morgan fingerprint density at radius 1 is 1.19 bits per heavy atom. The maximum Gasteiger partial charge on any atom is 0.151 e. The molecule has 0 amide bonds. The summed E-state index contributed by atoms with van der Waals surface area (Å²) in [7, 11) is 0. The monoisotopic (exact) mass is 215 g/mol. The van der Waals surface area contributed by atoms with Gasteiger partial charge in [-0.15, -0.1) is 0 Å². The van der Waals surface area contributed by atoms with Crippen LogP contribution in [-0.2, 0) is 0 Å². The van der Waals surface area contributed by atoms with Crippen molar-refractivity contribution >= 4 is 5.82 Å². The molecule has 0 aromatic carbocycles. The molecule has 0 radical (unpaired) electrons. The maximum absolute atomic E-state index is 5.74. The van der Waals surface area contributed by atoms with Gasteiger partial charge >= 0.3 is 0 Å². The second-order valence-electron chi connectivity index (χ2n) is 3.56. The summed E-state index contributed by atoms with van der Waals surface area (Å²) in [5.41, 5.74) is 7.41. The van der Waals surface area contributed by atoms with Crippen LogP contribution in [0.3, 0.4) is 0 Å². The van der Waals surface area contributed by atoms with Crippen molar-refractivity contribution in [2.24, 2.45) is 0 Å². The van der Waals surface area contributed by atoms with Gasteiger partial charge in [-0.25, -0.2) is 4.98 Å². The zero-order valence-corrected chi connectivity index (χ0v) is 9.27. The van der Waals surface area contributed by atoms with Crippen molar-refractivity contribution in [3.63, 3.8) is 0 Å². The number of nitrogens with zero attached hydrogens (tertiary/aromatic N) is 2. The summed E-state index contributed by atoms with van der Waals surface area (Å²) < 4.78 is 5.74. The van der Waals surface area contributed by atoms with Crippen LogP contribution < -0.4 is 10.5 Å². The van der Waals surface area contributed by atoms with Crippen molar-refractivity contribution in [2.75, 3.05) is 5.73 Å². The van der Waals surface area contributed by atoms with Crippen LogP contribution in [0.5, 0.6) is 11.5 Å². The topological polar surface area (TPSA) is 61.0 Å². The first-order valence-electron chi connectivity index (χ1n) is 4.98. The van der Waals surface area contributed by atoms with E-state index in [4.69, 9.17) is 10.5 Å². The second-order valence-corrected chi connectivity index (χ2v) is 3.56. The van der Waals surface area contributed by atoms with E-state index in [1.165, 1.54) is 0 Å². The zero-order chi connectivity index (χ0) is 11.5. The fourth-order valence-corrected chi connectivity index (χ4v) is 1.53. The molecule has 0 aliphatic heterocycles. The number of hydrogen-bond donors (Lipinski definition) is 1. The number of nitrogen functional groups attached to an aromatic ring is 1. The molecule has 0 fully saturated rings. The molecule has 4 nitrogen and oxygen atoms in total. The van der Waals surface area contributed by atoms with Crippen LogP contribution >= 0.6 is 0 Å². The lowest BCUT2D eigenvalue weighted by Crippen LogP contribution is -1.98. The van der Waals surface area contributed by atoms with Crippen LogP contribution in [0, 0.1) is 13.8 Å². The van der Waals surface area contributed by atoms with Gasteiger partial charge in [-0.1, -0.05) is 0 Å². The zero-order valence-electron chi connectivity index (χ0n) is 9.27. The summed E-state index contributed by atoms with van der Waals surface area (Å²) in [5, 5.41) is 0. The molecule has 16 heavy (non-hydrogen) atoms. The Morgan fingerprint density at radius 3 is 2.50 bits per heavy atom. The highest BCUT2D eigenvalue weighted by molar-refractivity contribution is 5.46. The molecular weight excluding hydrogens is 202 g/mol. The average Bonchev–Trinajstić information content (AvgIpc) is 2.25. The summed E-state index contributed by atoms with van der Waals surface area (Å²) in [6, 6.07) is 5.40. The van der Waals surface area contributed by atoms with Crippen LogP contribution in [-0.4, -0.2) is 9.97 Å². The normalized spacial score (nSPS) is 10.1. The lowest BCUT2D eigenvalue weighted by atomic mass is 10.2. The Labute approximate surface area is 94.1 Å². The number of anilines is 1. The first kappa shape index (κ1) is 10.4. The molecule has 0 atom stereocenters. The van der Waals surface area contributed by atoms with Gasteiger partial charge in [-0.05, 0) is 37.6 Å². The Kier molecular flexibility index (Phi) is 2.72. The van der Waals surface area contributed by atoms with Gasteiger partial charge in [0.1, 0.15) is 11.6 Å². The summed E-state index contributed by atoms with van der Waals surface area (Å²) in [5.74, 6) is 2.00. The lowest BCUT2D eigenvalue weighted by Gasteiger charge is -2.11. The van der Waals surface area contributed by atoms with Crippen molar-refractivity contribution in [2.45, 2.75) is 13.8 Å². The molecule has 2 aromatic rings. The van der Waals surface area contributed by atoms with Crippen LogP contribution in [0.25, 0.3) is 0 Å². The number of aryl methyl sites for hydroxylation is 2. The van der Waals surface area contributed by atoms with E-state index in [9.17, 15) is 0 Å². The van der Waals surface area contributed by atoms with Crippen molar-refractivity contribution in [1.29, 1.82) is 0 Å². The second kappa shape index (κ2) is 4.18. The summed E-state index contributed by atoms with van der Waals surface area (Å²) >= 11 is 0. The highest BCUT2D eigenvalue weighted by atomic mass is 16.5. The van der Waals surface area contributed by atoms with E-state index in [-0.39, 0.29) is 0 Å². The molecule has 0 aliphatic rings. The lowest BCUT2D eigenvalue weighted by molar-refractivity contribution is 0.471. The Bertz CT molecular complexity index is 474. The molecule has 0 bridgehead atoms. The molecule has 0 saturated carbocycles. The van der Waals surface area contributed by atoms with Crippen LogP contribution in [0.4, 0.5) is 5.82 Å². The highest BCUT2D eigenvalue weighted by Crippen LogP contribution is 2.28. The fraction of sp³-hybridized carbons (Fsp3) is 0.167. The van der Waals surface area contributed by atoms with Crippen LogP contribution in [0.2, 0.25) is 0 Å². The van der Waals surface area contributed by atoms with E-state index in [2.05, 4.69) is 9.97 Å². The minimum atomic E-state index is 0.511. The molecule has 2 rings (SSSR count). The summed E-state index contributed by atoms with van der Waals surface area (Å²) in [4.78, 5) is 8.10. The van der Waals surface area contributed by atoms with E-state index in [1.54, 1.807) is 30.6 Å². The first-order chi connectivity index (χ1) is 7.66. The number of nitrogens with two attached hydrogens (primary N) is 1. The predicted octanol–water partition coefficient (Wildman–Crippen LogP) is 2.47. The number of pyridine rings is 2. The van der Waals surface area contributed by atoms with Crippen molar-refractivity contribution in [3.8, 4) is 11.5 Å². The Balaban J connectivity index is 2.35. The Morgan fingerprint density at radius 2 is 1.88 bits per heavy atom. The van der Waals surface area contributed by atoms with Crippen molar-refractivity contribution in [1.82, 2.24) is 9.97 Å². The first-order valence-corrected chi connectivity index (χ1v) is 4.98. The number of aromatic nitrogens is 2. The fourth-order valence-electron chi connectivity index (χ4n) is 1.53. The molecule has 0 saturated heterocycles. The van der Waals surface area contributed by atoms with Gasteiger partial charge in [0.15, 0.2) is 5.75 Å². The smallest absolute Gasteiger partial charge is 0.151 e. The summed E-state index contributed by atoms with van der Waals surface area (Å²) in [6.07, 6.45) is 3.37. The molecule has 4 heteroatoms. The molecule has 2 heterocycles. The van der Waals surface area contributed by atoms with Gasteiger partial charge in [0.2, 0.25) is 0 Å². The van der Waals surface area contributed by atoms with E-state index in [0.717, 1.165) is 22.8 Å². The molecule has 2 aromatic heterocycles. The molecule has 0 unspecified atom stereocenters. The number of ether oxygens (including phenoxy) is 1. The minimum Gasteiger partial charge on any atom is -0.455 e. The van der Waals surface area contributed by atoms with Gasteiger partial charge in [-0.3, -0.25) is 4.98 Å². The average molecular weight is 215 g/mol. The standard InChI is InChI=1S/C12H13N3O/c1-8-7-11(13)15-9(2)12(8)16-10-3-5-14-6-4-10/h3-7H,1-2H3,(H2,13,15). The molecule has 0 spiro atoms. The van der Waals surface area contributed by atoms with E-state index >= 15 is 0 Å². The number of hydrogen-bond acceptors (Lipinski definition) is 4. The molecule has 82 valence electrons. The van der Waals surface area contributed by atoms with Crippen LogP contribution in [0.15, 0.2) is 30.6 Å². The quantitative estimate of drug-likeness (QED) is 0.835. The van der Waals surface area contributed by atoms with Crippen LogP contribution in [0.1, 0.15) is 11.3 Å². The van der Waals surface area contributed by atoms with Crippen molar-refractivity contribution in [3.05, 3.63) is 41.9 Å². The molecule has 0 aliphatic carbocycles. The van der Waals surface area contributed by atoms with Gasteiger partial charge in [-0.2, -0.15) is 0 Å². The SMILES string of the molecule is Cc1cc(N)nc(C)c1Oc1ccncc1. The Hall–Kier alpha value is -2.10. The minimum absolute atomic E-state index is 0.511. The maximum atomic E-state index is 5.74. The van der Waals surface area contributed by atoms with Gasteiger partial charge in [0, 0.05) is 12.4 Å². The van der Waals surface area contributed by atoms with E-state index < -0.39 is 0 Å². The number of rotatable bonds is 2. The van der Waals surface area contributed by atoms with E-state index in [0.29, 0.717) is 5.82 Å². The predicted molar refractivity (Wildman–Crippen MR) is 62.4 cm³/mol. The molecule has 2 N–H and O–H groups in total. The van der Waals surface area contributed by atoms with Crippen molar-refractivity contribution < 1.29 is 4.74 Å². The summed E-state index contributed by atoms with van der Waals surface area (Å²) in [6.45, 7) is 3.82. The third kappa shape index (κ3) is 2.11. The third-order valence-corrected chi connectivity index (χ3v) is 2.22. The van der Waals surface area contributed by atoms with E-state index in [1.807, 2.05) is 13.8 Å². The van der Waals surface area contributed by atoms with Gasteiger partial charge in [0.25, 0.3) is 0 Å². The molecular formula is C12H13N3O. The largest absolute Gasteiger partial charge is 0.455 e.